The Labute approximate surface area is 116 Å². The minimum Gasteiger partial charge on any atom is -0.397 e. The molecule has 0 saturated carbocycles. The van der Waals surface area contributed by atoms with Crippen LogP contribution in [0.3, 0.4) is 0 Å². The van der Waals surface area contributed by atoms with E-state index >= 15 is 0 Å². The predicted molar refractivity (Wildman–Crippen MR) is 80.5 cm³/mol. The second-order valence-corrected chi connectivity index (χ2v) is 5.19. The van der Waals surface area contributed by atoms with Gasteiger partial charge < -0.3 is 21.3 Å². The topological polar surface area (TPSA) is 78.5 Å². The van der Waals surface area contributed by atoms with Gasteiger partial charge in [0.05, 0.1) is 24.1 Å². The number of thiophene rings is 1. The van der Waals surface area contributed by atoms with Gasteiger partial charge in [-0.2, -0.15) is 11.3 Å². The van der Waals surface area contributed by atoms with Crippen LogP contribution < -0.4 is 11.1 Å². The Morgan fingerprint density at radius 2 is 2.21 bits per heavy atom. The minimum atomic E-state index is -0.747. The molecule has 19 heavy (non-hydrogen) atoms. The van der Waals surface area contributed by atoms with Crippen molar-refractivity contribution in [2.24, 2.45) is 0 Å². The maximum absolute atomic E-state index is 9.57. The number of nitrogen functional groups attached to an aromatic ring is 1. The lowest BCUT2D eigenvalue weighted by Gasteiger charge is -2.15. The molecule has 0 radical (unpaired) electrons. The van der Waals surface area contributed by atoms with Gasteiger partial charge in [0, 0.05) is 19.0 Å². The minimum absolute atomic E-state index is 0.243. The van der Waals surface area contributed by atoms with Gasteiger partial charge in [-0.15, -0.1) is 0 Å². The zero-order chi connectivity index (χ0) is 13.8. The van der Waals surface area contributed by atoms with Crippen molar-refractivity contribution < 1.29 is 10.2 Å². The fourth-order valence-corrected chi connectivity index (χ4v) is 2.69. The molecule has 0 amide bonds. The fraction of sp³-hybridized carbons (Fsp3) is 0.286. The maximum atomic E-state index is 9.57. The van der Waals surface area contributed by atoms with Crippen molar-refractivity contribution in [1.82, 2.24) is 0 Å². The summed E-state index contributed by atoms with van der Waals surface area (Å²) in [5, 5.41) is 25.6. The monoisotopic (exact) mass is 278 g/mol. The van der Waals surface area contributed by atoms with Gasteiger partial charge in [0.25, 0.3) is 0 Å². The number of hydrogen-bond acceptors (Lipinski definition) is 5. The molecule has 102 valence electrons. The van der Waals surface area contributed by atoms with Crippen molar-refractivity contribution >= 4 is 22.7 Å². The van der Waals surface area contributed by atoms with E-state index in [0.717, 1.165) is 22.4 Å². The van der Waals surface area contributed by atoms with Crippen molar-refractivity contribution in [3.8, 4) is 11.1 Å². The third-order valence-electron chi connectivity index (χ3n) is 3.02. The number of nitrogens with one attached hydrogen (secondary N) is 1. The highest BCUT2D eigenvalue weighted by molar-refractivity contribution is 7.08. The number of nitrogens with two attached hydrogens (primary N) is 1. The van der Waals surface area contributed by atoms with Gasteiger partial charge in [-0.1, -0.05) is 0 Å². The molecule has 2 rings (SSSR count). The molecule has 0 aliphatic heterocycles. The summed E-state index contributed by atoms with van der Waals surface area (Å²) in [6.07, 6.45) is -0.341. The van der Waals surface area contributed by atoms with Crippen LogP contribution in [0.15, 0.2) is 29.0 Å². The molecular formula is C14H18N2O2S. The van der Waals surface area contributed by atoms with E-state index < -0.39 is 6.10 Å². The highest BCUT2D eigenvalue weighted by Crippen LogP contribution is 2.34. The largest absolute Gasteiger partial charge is 0.397 e. The van der Waals surface area contributed by atoms with Crippen molar-refractivity contribution in [2.75, 3.05) is 24.7 Å². The number of hydrogen-bond donors (Lipinski definition) is 4. The molecule has 1 atom stereocenters. The first-order chi connectivity index (χ1) is 9.15. The van der Waals surface area contributed by atoms with Crippen LogP contribution in [0, 0.1) is 0 Å². The third kappa shape index (κ3) is 3.07. The molecule has 2 aromatic rings. The lowest BCUT2D eigenvalue weighted by Crippen LogP contribution is -2.15. The Kier molecular flexibility index (Phi) is 4.42. The summed E-state index contributed by atoms with van der Waals surface area (Å²) in [4.78, 5) is 0. The molecule has 1 heterocycles. The van der Waals surface area contributed by atoms with E-state index in [4.69, 9.17) is 10.8 Å². The summed E-state index contributed by atoms with van der Waals surface area (Å²) >= 11 is 1.62. The van der Waals surface area contributed by atoms with Crippen LogP contribution in [0.2, 0.25) is 0 Å². The molecular weight excluding hydrogens is 260 g/mol. The van der Waals surface area contributed by atoms with Gasteiger partial charge >= 0.3 is 0 Å². The Bertz CT molecular complexity index is 541. The Balaban J connectivity index is 2.44. The summed E-state index contributed by atoms with van der Waals surface area (Å²) in [5.74, 6) is 0. The van der Waals surface area contributed by atoms with E-state index in [2.05, 4.69) is 5.32 Å². The summed E-state index contributed by atoms with van der Waals surface area (Å²) < 4.78 is 0. The van der Waals surface area contributed by atoms with Crippen LogP contribution in [0.25, 0.3) is 11.1 Å². The Hall–Kier alpha value is -1.56. The van der Waals surface area contributed by atoms with Crippen molar-refractivity contribution in [3.63, 3.8) is 0 Å². The molecule has 0 fully saturated rings. The van der Waals surface area contributed by atoms with Crippen molar-refractivity contribution in [2.45, 2.75) is 12.5 Å². The normalized spacial score (nSPS) is 12.4. The number of aliphatic hydroxyl groups excluding tert-OH is 2. The smallest absolute Gasteiger partial charge is 0.0811 e. The maximum Gasteiger partial charge on any atom is 0.0811 e. The quantitative estimate of drug-likeness (QED) is 0.630. The molecule has 5 heteroatoms. The predicted octanol–water partition coefficient (Wildman–Crippen LogP) is 1.93. The van der Waals surface area contributed by atoms with Gasteiger partial charge in [-0.05, 0) is 40.1 Å². The van der Waals surface area contributed by atoms with Gasteiger partial charge in [-0.3, -0.25) is 0 Å². The van der Waals surface area contributed by atoms with Gasteiger partial charge in [-0.25, -0.2) is 0 Å². The first-order valence-corrected chi connectivity index (χ1v) is 7.01. The highest BCUT2D eigenvalue weighted by Gasteiger charge is 2.12. The number of anilines is 2. The van der Waals surface area contributed by atoms with Crippen LogP contribution in [0.4, 0.5) is 11.4 Å². The van der Waals surface area contributed by atoms with E-state index in [1.165, 1.54) is 0 Å². The first kappa shape index (κ1) is 13.9. The van der Waals surface area contributed by atoms with Crippen LogP contribution in [0.1, 0.15) is 5.56 Å². The third-order valence-corrected chi connectivity index (χ3v) is 3.71. The van der Waals surface area contributed by atoms with Crippen LogP contribution in [-0.4, -0.2) is 30.0 Å². The van der Waals surface area contributed by atoms with Crippen molar-refractivity contribution in [3.05, 3.63) is 34.5 Å². The van der Waals surface area contributed by atoms with E-state index in [1.54, 1.807) is 11.3 Å². The molecule has 1 unspecified atom stereocenters. The van der Waals surface area contributed by atoms with E-state index in [-0.39, 0.29) is 6.61 Å². The molecule has 0 saturated heterocycles. The van der Waals surface area contributed by atoms with E-state index in [1.807, 2.05) is 36.0 Å². The zero-order valence-corrected chi connectivity index (χ0v) is 11.6. The SMILES string of the molecule is CNc1cc(CC(O)CO)cc(-c2ccsc2)c1N. The lowest BCUT2D eigenvalue weighted by atomic mass is 9.99. The number of rotatable bonds is 5. The first-order valence-electron chi connectivity index (χ1n) is 6.07. The van der Waals surface area contributed by atoms with Gasteiger partial charge in [0.1, 0.15) is 0 Å². The molecule has 0 aliphatic carbocycles. The van der Waals surface area contributed by atoms with E-state index in [0.29, 0.717) is 12.1 Å². The molecule has 0 aliphatic rings. The molecule has 1 aromatic heterocycles. The summed E-state index contributed by atoms with van der Waals surface area (Å²) in [6, 6.07) is 5.89. The summed E-state index contributed by atoms with van der Waals surface area (Å²) in [5.41, 5.74) is 10.6. The zero-order valence-electron chi connectivity index (χ0n) is 10.8. The van der Waals surface area contributed by atoms with Crippen LogP contribution >= 0.6 is 11.3 Å². The second-order valence-electron chi connectivity index (χ2n) is 4.41. The van der Waals surface area contributed by atoms with Crippen LogP contribution in [-0.2, 0) is 6.42 Å². The molecule has 1 aromatic carbocycles. The van der Waals surface area contributed by atoms with Crippen molar-refractivity contribution in [1.29, 1.82) is 0 Å². The molecule has 0 spiro atoms. The standard InChI is InChI=1S/C14H18N2O2S/c1-16-13-6-9(4-11(18)7-17)5-12(14(13)15)10-2-3-19-8-10/h2-3,5-6,8,11,16-18H,4,7,15H2,1H3. The average molecular weight is 278 g/mol. The Morgan fingerprint density at radius 3 is 2.79 bits per heavy atom. The summed E-state index contributed by atoms with van der Waals surface area (Å²) in [7, 11) is 1.81. The fourth-order valence-electron chi connectivity index (χ4n) is 2.03. The highest BCUT2D eigenvalue weighted by atomic mass is 32.1. The Morgan fingerprint density at radius 1 is 1.42 bits per heavy atom. The van der Waals surface area contributed by atoms with Gasteiger partial charge in [0.2, 0.25) is 0 Å². The number of benzene rings is 1. The lowest BCUT2D eigenvalue weighted by molar-refractivity contribution is 0.0955. The average Bonchev–Trinajstić information content (AvgIpc) is 2.94. The molecule has 5 N–H and O–H groups in total. The van der Waals surface area contributed by atoms with Gasteiger partial charge in [0.15, 0.2) is 0 Å². The second kappa shape index (κ2) is 6.06. The van der Waals surface area contributed by atoms with Crippen LogP contribution in [0.5, 0.6) is 0 Å². The molecule has 0 bridgehead atoms. The van der Waals surface area contributed by atoms with E-state index in [9.17, 15) is 5.11 Å². The summed E-state index contributed by atoms with van der Waals surface area (Å²) in [6.45, 7) is -0.243. The molecule has 4 nitrogen and oxygen atoms in total. The number of aliphatic hydroxyl groups is 2.